The van der Waals surface area contributed by atoms with E-state index in [0.717, 1.165) is 11.3 Å². The largest absolute Gasteiger partial charge is 0.497 e. The molecule has 0 unspecified atom stereocenters. The van der Waals surface area contributed by atoms with Gasteiger partial charge in [0.1, 0.15) is 11.5 Å². The van der Waals surface area contributed by atoms with E-state index in [1.165, 1.54) is 4.90 Å². The van der Waals surface area contributed by atoms with Crippen LogP contribution in [0.4, 0.5) is 0 Å². The molecule has 3 aromatic rings. The van der Waals surface area contributed by atoms with Crippen molar-refractivity contribution in [3.8, 4) is 22.9 Å². The zero-order chi connectivity index (χ0) is 19.2. The molecule has 0 aliphatic carbocycles. The van der Waals surface area contributed by atoms with Crippen LogP contribution >= 0.6 is 0 Å². The van der Waals surface area contributed by atoms with Crippen molar-refractivity contribution in [1.29, 1.82) is 0 Å². The minimum atomic E-state index is -0.653. The molecule has 0 spiro atoms. The molecule has 1 amide bonds. The van der Waals surface area contributed by atoms with E-state index in [1.54, 1.807) is 45.3 Å². The van der Waals surface area contributed by atoms with Crippen LogP contribution in [0.25, 0.3) is 11.4 Å². The maximum atomic E-state index is 12.5. The van der Waals surface area contributed by atoms with Gasteiger partial charge in [-0.15, -0.1) is 0 Å². The van der Waals surface area contributed by atoms with Gasteiger partial charge < -0.3 is 18.9 Å². The van der Waals surface area contributed by atoms with Gasteiger partial charge in [-0.2, -0.15) is 4.98 Å². The van der Waals surface area contributed by atoms with E-state index in [2.05, 4.69) is 10.1 Å². The van der Waals surface area contributed by atoms with E-state index in [1.807, 2.05) is 30.3 Å². The van der Waals surface area contributed by atoms with Gasteiger partial charge in [-0.1, -0.05) is 35.5 Å². The first-order valence-corrected chi connectivity index (χ1v) is 8.50. The number of methoxy groups -OCH3 is 1. The first-order valence-electron chi connectivity index (χ1n) is 8.50. The Labute approximate surface area is 157 Å². The third-order valence-corrected chi connectivity index (χ3v) is 3.97. The van der Waals surface area contributed by atoms with Crippen LogP contribution < -0.4 is 9.47 Å². The number of nitrogens with zero attached hydrogens (tertiary/aromatic N) is 3. The Balaban J connectivity index is 1.59. The molecule has 27 heavy (non-hydrogen) atoms. The Bertz CT molecular complexity index is 878. The molecule has 140 valence electrons. The summed E-state index contributed by atoms with van der Waals surface area (Å²) in [6.07, 6.45) is -0.653. The van der Waals surface area contributed by atoms with Crippen LogP contribution in [0.5, 0.6) is 11.5 Å². The Morgan fingerprint density at radius 3 is 2.44 bits per heavy atom. The van der Waals surface area contributed by atoms with Crippen molar-refractivity contribution in [3.63, 3.8) is 0 Å². The van der Waals surface area contributed by atoms with Gasteiger partial charge >= 0.3 is 0 Å². The lowest BCUT2D eigenvalue weighted by Crippen LogP contribution is -2.37. The van der Waals surface area contributed by atoms with E-state index in [0.29, 0.717) is 17.5 Å². The predicted molar refractivity (Wildman–Crippen MR) is 99.3 cm³/mol. The molecule has 0 aliphatic rings. The summed E-state index contributed by atoms with van der Waals surface area (Å²) in [6.45, 7) is 1.90. The molecule has 0 saturated heterocycles. The molecule has 0 radical (unpaired) electrons. The van der Waals surface area contributed by atoms with Gasteiger partial charge in [-0.05, 0) is 31.2 Å². The number of aromatic nitrogens is 2. The molecule has 0 aliphatic heterocycles. The predicted octanol–water partition coefficient (Wildman–Crippen LogP) is 3.17. The highest BCUT2D eigenvalue weighted by Gasteiger charge is 2.21. The number of amides is 1. The molecule has 0 bridgehead atoms. The van der Waals surface area contributed by atoms with Crippen molar-refractivity contribution >= 4 is 5.91 Å². The lowest BCUT2D eigenvalue weighted by atomic mass is 10.2. The number of carbonyl (C=O) groups is 1. The van der Waals surface area contributed by atoms with E-state index < -0.39 is 6.10 Å². The molecule has 3 rings (SSSR count). The van der Waals surface area contributed by atoms with E-state index in [9.17, 15) is 4.79 Å². The lowest BCUT2D eigenvalue weighted by molar-refractivity contribution is -0.137. The molecular formula is C20H21N3O4. The Kier molecular flexibility index (Phi) is 5.71. The van der Waals surface area contributed by atoms with Gasteiger partial charge in [0.2, 0.25) is 11.7 Å². The van der Waals surface area contributed by atoms with Gasteiger partial charge in [0.15, 0.2) is 6.10 Å². The van der Waals surface area contributed by atoms with Crippen LogP contribution in [-0.4, -0.2) is 41.2 Å². The number of ether oxygens (including phenoxy) is 2. The molecule has 7 nitrogen and oxygen atoms in total. The summed E-state index contributed by atoms with van der Waals surface area (Å²) in [4.78, 5) is 18.4. The third kappa shape index (κ3) is 4.63. The molecule has 1 atom stereocenters. The highest BCUT2D eigenvalue weighted by molar-refractivity contribution is 5.80. The van der Waals surface area contributed by atoms with Gasteiger partial charge in [0.05, 0.1) is 13.7 Å². The molecule has 0 saturated carbocycles. The van der Waals surface area contributed by atoms with Crippen LogP contribution in [0.15, 0.2) is 59.1 Å². The normalized spacial score (nSPS) is 11.7. The van der Waals surface area contributed by atoms with E-state index in [-0.39, 0.29) is 12.5 Å². The molecule has 0 N–H and O–H groups in total. The summed E-state index contributed by atoms with van der Waals surface area (Å²) in [6, 6.07) is 16.6. The lowest BCUT2D eigenvalue weighted by Gasteiger charge is -2.20. The minimum Gasteiger partial charge on any atom is -0.497 e. The number of carbonyl (C=O) groups excluding carboxylic acids is 1. The second-order valence-electron chi connectivity index (χ2n) is 6.01. The van der Waals surface area contributed by atoms with Crippen molar-refractivity contribution in [2.24, 2.45) is 0 Å². The monoisotopic (exact) mass is 367 g/mol. The van der Waals surface area contributed by atoms with Crippen molar-refractivity contribution in [3.05, 3.63) is 60.5 Å². The second kappa shape index (κ2) is 8.35. The number of rotatable bonds is 7. The number of likely N-dealkylation sites (N-methyl/N-ethyl adjacent to an activating group) is 1. The zero-order valence-corrected chi connectivity index (χ0v) is 15.5. The van der Waals surface area contributed by atoms with Crippen molar-refractivity contribution in [1.82, 2.24) is 15.0 Å². The van der Waals surface area contributed by atoms with Crippen molar-refractivity contribution in [2.45, 2.75) is 19.6 Å². The van der Waals surface area contributed by atoms with E-state index in [4.69, 9.17) is 14.0 Å². The zero-order valence-electron chi connectivity index (χ0n) is 15.5. The average Bonchev–Trinajstić information content (AvgIpc) is 3.17. The maximum Gasteiger partial charge on any atom is 0.263 e. The molecular weight excluding hydrogens is 346 g/mol. The first-order chi connectivity index (χ1) is 13.1. The Morgan fingerprint density at radius 2 is 1.78 bits per heavy atom. The second-order valence-corrected chi connectivity index (χ2v) is 6.01. The Hall–Kier alpha value is -3.35. The average molecular weight is 367 g/mol. The van der Waals surface area contributed by atoms with Gasteiger partial charge in [-0.3, -0.25) is 4.79 Å². The van der Waals surface area contributed by atoms with Crippen molar-refractivity contribution < 1.29 is 18.8 Å². The summed E-state index contributed by atoms with van der Waals surface area (Å²) in [5, 5.41) is 3.96. The van der Waals surface area contributed by atoms with Crippen LogP contribution in [0.2, 0.25) is 0 Å². The number of hydrogen-bond acceptors (Lipinski definition) is 6. The quantitative estimate of drug-likeness (QED) is 0.638. The van der Waals surface area contributed by atoms with Crippen LogP contribution in [-0.2, 0) is 11.3 Å². The third-order valence-electron chi connectivity index (χ3n) is 3.97. The molecule has 7 heteroatoms. The van der Waals surface area contributed by atoms with Gasteiger partial charge in [0.25, 0.3) is 5.91 Å². The minimum absolute atomic E-state index is 0.190. The fraction of sp³-hybridized carbons (Fsp3) is 0.250. The first kappa shape index (κ1) is 18.4. The van der Waals surface area contributed by atoms with E-state index >= 15 is 0 Å². The topological polar surface area (TPSA) is 77.7 Å². The highest BCUT2D eigenvalue weighted by atomic mass is 16.5. The molecule has 2 aromatic carbocycles. The number of hydrogen-bond donors (Lipinski definition) is 0. The highest BCUT2D eigenvalue weighted by Crippen LogP contribution is 2.19. The summed E-state index contributed by atoms with van der Waals surface area (Å²) < 4.78 is 16.1. The van der Waals surface area contributed by atoms with Crippen LogP contribution in [0.3, 0.4) is 0 Å². The van der Waals surface area contributed by atoms with Gasteiger partial charge in [-0.25, -0.2) is 0 Å². The molecule has 0 fully saturated rings. The SMILES string of the molecule is COc1ccc(O[C@H](C)C(=O)N(C)Cc2nc(-c3ccccc3)no2)cc1. The fourth-order valence-electron chi connectivity index (χ4n) is 2.52. The summed E-state index contributed by atoms with van der Waals surface area (Å²) in [5.74, 6) is 1.99. The van der Waals surface area contributed by atoms with Crippen LogP contribution in [0.1, 0.15) is 12.8 Å². The Morgan fingerprint density at radius 1 is 1.11 bits per heavy atom. The summed E-state index contributed by atoms with van der Waals surface area (Å²) >= 11 is 0. The van der Waals surface area contributed by atoms with Crippen LogP contribution in [0, 0.1) is 0 Å². The number of benzene rings is 2. The fourth-order valence-corrected chi connectivity index (χ4v) is 2.52. The summed E-state index contributed by atoms with van der Waals surface area (Å²) in [5.41, 5.74) is 0.859. The van der Waals surface area contributed by atoms with Gasteiger partial charge in [0, 0.05) is 12.6 Å². The standard InChI is InChI=1S/C20H21N3O4/c1-14(26-17-11-9-16(25-3)10-12-17)20(24)23(2)13-18-21-19(22-27-18)15-7-5-4-6-8-15/h4-12,14H,13H2,1-3H3/t14-/m1/s1. The van der Waals surface area contributed by atoms with Crippen molar-refractivity contribution in [2.75, 3.05) is 14.2 Å². The molecule has 1 heterocycles. The maximum absolute atomic E-state index is 12.5. The smallest absolute Gasteiger partial charge is 0.263 e. The molecule has 1 aromatic heterocycles. The summed E-state index contributed by atoms with van der Waals surface area (Å²) in [7, 11) is 3.26.